The van der Waals surface area contributed by atoms with Crippen LogP contribution in [0.3, 0.4) is 0 Å². The van der Waals surface area contributed by atoms with Gasteiger partial charge in [-0.25, -0.2) is 0 Å². The molecule has 0 saturated heterocycles. The third kappa shape index (κ3) is 4.70. The Hall–Kier alpha value is -4.33. The number of aromatic nitrogens is 2. The average Bonchev–Trinajstić information content (AvgIpc) is 3.52. The quantitative estimate of drug-likeness (QED) is 0.320. The Balaban J connectivity index is 1.49. The molecular formula is C24H23N7O. The third-order valence-electron chi connectivity index (χ3n) is 5.05. The first-order valence-corrected chi connectivity index (χ1v) is 10.2. The number of nitrogens with zero attached hydrogens (tertiary/aromatic N) is 3. The van der Waals surface area contributed by atoms with Crippen LogP contribution in [0.15, 0.2) is 72.6 Å². The lowest BCUT2D eigenvalue weighted by Crippen LogP contribution is -2.31. The van der Waals surface area contributed by atoms with Gasteiger partial charge in [0.25, 0.3) is 5.91 Å². The van der Waals surface area contributed by atoms with Crippen molar-refractivity contribution in [1.29, 1.82) is 10.8 Å². The molecule has 0 aliphatic heterocycles. The molecule has 2 aromatic heterocycles. The molecule has 1 fully saturated rings. The fourth-order valence-electron chi connectivity index (χ4n) is 3.29. The van der Waals surface area contributed by atoms with E-state index in [4.69, 9.17) is 10.8 Å². The van der Waals surface area contributed by atoms with E-state index in [1.165, 1.54) is 12.5 Å². The molecule has 0 spiro atoms. The minimum Gasteiger partial charge on any atom is -0.360 e. The lowest BCUT2D eigenvalue weighted by molar-refractivity contribution is -0.110. The van der Waals surface area contributed by atoms with E-state index in [9.17, 15) is 4.79 Å². The van der Waals surface area contributed by atoms with Gasteiger partial charge in [-0.05, 0) is 48.7 Å². The van der Waals surface area contributed by atoms with Gasteiger partial charge in [-0.2, -0.15) is 0 Å². The van der Waals surface area contributed by atoms with Crippen molar-refractivity contribution in [1.82, 2.24) is 14.9 Å². The van der Waals surface area contributed by atoms with Crippen LogP contribution in [0.4, 0.5) is 5.69 Å². The number of anilines is 1. The van der Waals surface area contributed by atoms with Gasteiger partial charge in [-0.3, -0.25) is 25.6 Å². The normalized spacial score (nSPS) is 13.8. The van der Waals surface area contributed by atoms with E-state index >= 15 is 0 Å². The Morgan fingerprint density at radius 1 is 1.31 bits per heavy atom. The van der Waals surface area contributed by atoms with E-state index in [1.54, 1.807) is 47.5 Å². The van der Waals surface area contributed by atoms with Crippen molar-refractivity contribution in [2.75, 3.05) is 5.32 Å². The molecule has 0 bridgehead atoms. The number of benzene rings is 1. The van der Waals surface area contributed by atoms with Crippen molar-refractivity contribution in [3.8, 4) is 0 Å². The van der Waals surface area contributed by atoms with Crippen LogP contribution in [0, 0.1) is 10.8 Å². The van der Waals surface area contributed by atoms with Crippen molar-refractivity contribution in [2.45, 2.75) is 18.9 Å². The van der Waals surface area contributed by atoms with Crippen LogP contribution in [-0.4, -0.2) is 44.7 Å². The second kappa shape index (κ2) is 9.22. The zero-order chi connectivity index (χ0) is 22.5. The predicted molar refractivity (Wildman–Crippen MR) is 128 cm³/mol. The molecule has 1 aromatic carbocycles. The van der Waals surface area contributed by atoms with Crippen LogP contribution in [-0.2, 0) is 4.79 Å². The number of hydrogen-bond donors (Lipinski definition) is 4. The van der Waals surface area contributed by atoms with E-state index in [0.29, 0.717) is 11.3 Å². The van der Waals surface area contributed by atoms with Gasteiger partial charge in [0.2, 0.25) is 0 Å². The van der Waals surface area contributed by atoms with E-state index in [0.717, 1.165) is 29.4 Å². The number of aliphatic imine (C=N–C) groups is 1. The molecule has 4 rings (SSSR count). The van der Waals surface area contributed by atoms with Gasteiger partial charge in [0, 0.05) is 35.9 Å². The lowest BCUT2D eigenvalue weighted by Gasteiger charge is -2.19. The molecule has 1 aliphatic rings. The van der Waals surface area contributed by atoms with Gasteiger partial charge in [0.1, 0.15) is 11.5 Å². The summed E-state index contributed by atoms with van der Waals surface area (Å²) in [5, 5.41) is 18.8. The molecule has 8 heteroatoms. The van der Waals surface area contributed by atoms with Crippen LogP contribution >= 0.6 is 0 Å². The first-order chi connectivity index (χ1) is 15.6. The summed E-state index contributed by atoms with van der Waals surface area (Å²) in [6, 6.07) is 11.1. The van der Waals surface area contributed by atoms with Gasteiger partial charge in [0.05, 0.1) is 17.4 Å². The molecule has 32 heavy (non-hydrogen) atoms. The number of aromatic amines is 1. The van der Waals surface area contributed by atoms with E-state index < -0.39 is 5.91 Å². The van der Waals surface area contributed by atoms with Gasteiger partial charge < -0.3 is 15.2 Å². The number of rotatable bonds is 8. The topological polar surface area (TPSA) is 121 Å². The Labute approximate surface area is 185 Å². The van der Waals surface area contributed by atoms with Gasteiger partial charge in [-0.15, -0.1) is 0 Å². The van der Waals surface area contributed by atoms with Crippen LogP contribution in [0.2, 0.25) is 0 Å². The maximum Gasteiger partial charge on any atom is 0.274 e. The summed E-state index contributed by atoms with van der Waals surface area (Å²) in [6.45, 7) is 3.59. The minimum atomic E-state index is -0.398. The molecule has 8 nitrogen and oxygen atoms in total. The average molecular weight is 425 g/mol. The first kappa shape index (κ1) is 20.9. The molecule has 0 radical (unpaired) electrons. The second-order valence-corrected chi connectivity index (χ2v) is 7.36. The largest absolute Gasteiger partial charge is 0.360 e. The number of pyridine rings is 1. The van der Waals surface area contributed by atoms with E-state index in [-0.39, 0.29) is 17.6 Å². The van der Waals surface area contributed by atoms with Crippen LogP contribution in [0.1, 0.15) is 24.0 Å². The van der Waals surface area contributed by atoms with Crippen molar-refractivity contribution in [3.05, 3.63) is 78.8 Å². The summed E-state index contributed by atoms with van der Waals surface area (Å²) in [5.41, 5.74) is 3.95. The number of amidine groups is 1. The summed E-state index contributed by atoms with van der Waals surface area (Å²) in [4.78, 5) is 26.0. The highest BCUT2D eigenvalue weighted by molar-refractivity contribution is 6.47. The molecule has 1 saturated carbocycles. The van der Waals surface area contributed by atoms with Crippen molar-refractivity contribution < 1.29 is 4.79 Å². The number of carbonyl (C=O) groups excluding carboxylic acids is 1. The third-order valence-corrected chi connectivity index (χ3v) is 5.05. The Morgan fingerprint density at radius 3 is 2.91 bits per heavy atom. The van der Waals surface area contributed by atoms with Crippen LogP contribution in [0.5, 0.6) is 0 Å². The van der Waals surface area contributed by atoms with Gasteiger partial charge >= 0.3 is 0 Å². The number of hydrogen-bond acceptors (Lipinski definition) is 5. The monoisotopic (exact) mass is 425 g/mol. The molecule has 3 aromatic rings. The number of carbonyl (C=O) groups is 1. The first-order valence-electron chi connectivity index (χ1n) is 10.2. The Bertz CT molecular complexity index is 1250. The lowest BCUT2D eigenvalue weighted by atomic mass is 10.1. The summed E-state index contributed by atoms with van der Waals surface area (Å²) in [7, 11) is 0. The molecule has 2 heterocycles. The molecule has 0 unspecified atom stereocenters. The standard InChI is InChI=1S/C24H23N7O/c1-2-27-21(9-6-16-12-22-20(29-14-16)10-11-28-22)24(32)30-18-5-3-4-17(13-18)23(26)31(15-25)19-7-8-19/h2-6,9-15,19,25-26,28H,1,7-8H2,(H,30,32)/b9-6+,25-15?,26-23?,27-21?. The van der Waals surface area contributed by atoms with Crippen LogP contribution < -0.4 is 5.32 Å². The summed E-state index contributed by atoms with van der Waals surface area (Å²) in [6.07, 6.45) is 11.4. The summed E-state index contributed by atoms with van der Waals surface area (Å²) in [5.74, 6) is -0.157. The van der Waals surface area contributed by atoms with Crippen molar-refractivity contribution in [2.24, 2.45) is 4.99 Å². The van der Waals surface area contributed by atoms with Crippen LogP contribution in [0.25, 0.3) is 17.1 Å². The number of H-pyrrole nitrogens is 1. The van der Waals surface area contributed by atoms with Gasteiger partial charge in [-0.1, -0.05) is 24.8 Å². The predicted octanol–water partition coefficient (Wildman–Crippen LogP) is 4.20. The smallest absolute Gasteiger partial charge is 0.274 e. The Morgan fingerprint density at radius 2 is 2.16 bits per heavy atom. The maximum absolute atomic E-state index is 12.8. The molecule has 4 N–H and O–H groups in total. The van der Waals surface area contributed by atoms with E-state index in [1.807, 2.05) is 18.3 Å². The number of nitrogens with one attached hydrogen (secondary N) is 4. The molecule has 0 atom stereocenters. The maximum atomic E-state index is 12.8. The number of fused-ring (bicyclic) bond motifs is 1. The minimum absolute atomic E-state index is 0.186. The fraction of sp³-hybridized carbons (Fsp3) is 0.125. The highest BCUT2D eigenvalue weighted by Gasteiger charge is 2.30. The second-order valence-electron chi connectivity index (χ2n) is 7.36. The SMILES string of the molecule is C=CN=C(/C=C/c1cnc2cc[nH]c2c1)C(=O)Nc1cccc(C(=N)N(C=N)C2CC2)c1. The summed E-state index contributed by atoms with van der Waals surface area (Å²) >= 11 is 0. The summed E-state index contributed by atoms with van der Waals surface area (Å²) < 4.78 is 0. The van der Waals surface area contributed by atoms with Crippen molar-refractivity contribution >= 4 is 46.6 Å². The Kier molecular flexibility index (Phi) is 6.03. The molecular weight excluding hydrogens is 402 g/mol. The molecule has 160 valence electrons. The van der Waals surface area contributed by atoms with Gasteiger partial charge in [0.15, 0.2) is 0 Å². The van der Waals surface area contributed by atoms with E-state index in [2.05, 4.69) is 26.9 Å². The fourth-order valence-corrected chi connectivity index (χ4v) is 3.29. The highest BCUT2D eigenvalue weighted by Crippen LogP contribution is 2.27. The molecule has 1 aliphatic carbocycles. The highest BCUT2D eigenvalue weighted by atomic mass is 16.1. The number of amides is 1. The molecule has 1 amide bonds. The zero-order valence-electron chi connectivity index (χ0n) is 17.4. The van der Waals surface area contributed by atoms with Crippen molar-refractivity contribution in [3.63, 3.8) is 0 Å². The zero-order valence-corrected chi connectivity index (χ0v) is 17.4.